The molecule has 0 aliphatic carbocycles. The van der Waals surface area contributed by atoms with Crippen LogP contribution in [0, 0.1) is 5.92 Å². The van der Waals surface area contributed by atoms with Crippen molar-refractivity contribution in [2.75, 3.05) is 0 Å². The second-order valence-corrected chi connectivity index (χ2v) is 5.92. The molecule has 0 amide bonds. The lowest BCUT2D eigenvalue weighted by molar-refractivity contribution is -0.135. The van der Waals surface area contributed by atoms with Crippen LogP contribution in [-0.4, -0.2) is 11.0 Å². The Kier molecular flexibility index (Phi) is 4.42. The third kappa shape index (κ3) is 3.51. The molecule has 0 bridgehead atoms. The zero-order valence-corrected chi connectivity index (χ0v) is 13.5. The van der Waals surface area contributed by atoms with E-state index in [0.29, 0.717) is 28.6 Å². The van der Waals surface area contributed by atoms with Gasteiger partial charge in [-0.1, -0.05) is 26.0 Å². The van der Waals surface area contributed by atoms with Crippen LogP contribution in [0.25, 0.3) is 22.4 Å². The zero-order chi connectivity index (χ0) is 17.1. The first-order chi connectivity index (χ1) is 11.5. The first-order valence-corrected chi connectivity index (χ1v) is 7.74. The summed E-state index contributed by atoms with van der Waals surface area (Å²) >= 11 is 0. The summed E-state index contributed by atoms with van der Waals surface area (Å²) < 4.78 is 10.5. The number of fused-ring (bicyclic) bond motifs is 1. The van der Waals surface area contributed by atoms with Crippen molar-refractivity contribution in [3.05, 3.63) is 59.0 Å². The highest BCUT2D eigenvalue weighted by atomic mass is 16.5. The maximum absolute atomic E-state index is 12.0. The van der Waals surface area contributed by atoms with Crippen molar-refractivity contribution in [1.82, 2.24) is 4.98 Å². The van der Waals surface area contributed by atoms with Gasteiger partial charge in [0.05, 0.1) is 10.9 Å². The van der Waals surface area contributed by atoms with Crippen LogP contribution in [0.3, 0.4) is 0 Å². The van der Waals surface area contributed by atoms with Crippen molar-refractivity contribution < 1.29 is 13.9 Å². The van der Waals surface area contributed by atoms with Gasteiger partial charge in [0.25, 0.3) is 0 Å². The molecule has 0 fully saturated rings. The van der Waals surface area contributed by atoms with Crippen molar-refractivity contribution in [3.63, 3.8) is 0 Å². The van der Waals surface area contributed by atoms with Gasteiger partial charge in [-0.25, -0.2) is 9.78 Å². The number of nitrogens with zero attached hydrogens (tertiary/aromatic N) is 1. The number of ether oxygens (including phenoxy) is 1. The molecular weight excluding hydrogens is 306 g/mol. The number of hydrogen-bond donors (Lipinski definition) is 0. The topological polar surface area (TPSA) is 69.4 Å². The van der Waals surface area contributed by atoms with Crippen molar-refractivity contribution >= 4 is 16.9 Å². The predicted molar refractivity (Wildman–Crippen MR) is 90.8 cm³/mol. The summed E-state index contributed by atoms with van der Waals surface area (Å²) in [7, 11) is 0. The van der Waals surface area contributed by atoms with Crippen LogP contribution in [-0.2, 0) is 4.79 Å². The first kappa shape index (κ1) is 15.9. The first-order valence-electron chi connectivity index (χ1n) is 7.74. The summed E-state index contributed by atoms with van der Waals surface area (Å²) in [5, 5.41) is 0.445. The van der Waals surface area contributed by atoms with Crippen molar-refractivity contribution in [2.24, 2.45) is 5.92 Å². The molecule has 0 saturated carbocycles. The van der Waals surface area contributed by atoms with Crippen LogP contribution in [0.15, 0.2) is 57.7 Å². The number of carbonyl (C=O) groups is 1. The lowest BCUT2D eigenvalue weighted by atomic mass is 10.1. The summed E-state index contributed by atoms with van der Waals surface area (Å²) in [5.74, 6) is 0.659. The average Bonchev–Trinajstić information content (AvgIpc) is 2.54. The fourth-order valence-corrected chi connectivity index (χ4v) is 2.31. The second-order valence-electron chi connectivity index (χ2n) is 5.92. The van der Waals surface area contributed by atoms with Gasteiger partial charge in [-0.2, -0.15) is 0 Å². The number of benzene rings is 2. The predicted octanol–water partition coefficient (Wildman–Crippen LogP) is 3.81. The molecule has 5 nitrogen and oxygen atoms in total. The zero-order valence-electron chi connectivity index (χ0n) is 13.5. The van der Waals surface area contributed by atoms with E-state index in [0.717, 1.165) is 0 Å². The van der Waals surface area contributed by atoms with Gasteiger partial charge in [0.1, 0.15) is 5.75 Å². The van der Waals surface area contributed by atoms with Crippen LogP contribution in [0.2, 0.25) is 0 Å². The molecule has 0 aliphatic rings. The Morgan fingerprint density at radius 2 is 1.83 bits per heavy atom. The molecule has 0 aliphatic heterocycles. The summed E-state index contributed by atoms with van der Waals surface area (Å²) in [6, 6.07) is 13.7. The Labute approximate surface area is 138 Å². The second kappa shape index (κ2) is 6.66. The van der Waals surface area contributed by atoms with Crippen LogP contribution < -0.4 is 10.4 Å². The van der Waals surface area contributed by atoms with Gasteiger partial charge >= 0.3 is 11.6 Å². The monoisotopic (exact) mass is 323 g/mol. The molecule has 2 aromatic carbocycles. The van der Waals surface area contributed by atoms with E-state index in [4.69, 9.17) is 9.15 Å². The fraction of sp³-hybridized carbons (Fsp3) is 0.211. The maximum atomic E-state index is 12.0. The molecule has 3 rings (SSSR count). The minimum Gasteiger partial charge on any atom is -0.427 e. The molecule has 1 heterocycles. The van der Waals surface area contributed by atoms with Crippen LogP contribution in [0.4, 0.5) is 0 Å². The van der Waals surface area contributed by atoms with Gasteiger partial charge in [0, 0.05) is 12.0 Å². The van der Waals surface area contributed by atoms with Crippen LogP contribution in [0.5, 0.6) is 5.75 Å². The van der Waals surface area contributed by atoms with E-state index in [-0.39, 0.29) is 17.8 Å². The van der Waals surface area contributed by atoms with E-state index >= 15 is 0 Å². The Morgan fingerprint density at radius 1 is 1.12 bits per heavy atom. The Hall–Kier alpha value is -2.95. The minimum absolute atomic E-state index is 0.235. The van der Waals surface area contributed by atoms with Gasteiger partial charge in [0.2, 0.25) is 5.89 Å². The molecule has 24 heavy (non-hydrogen) atoms. The summed E-state index contributed by atoms with van der Waals surface area (Å²) in [5.41, 5.74) is 0.792. The Morgan fingerprint density at radius 3 is 2.54 bits per heavy atom. The van der Waals surface area contributed by atoms with Gasteiger partial charge in [-0.3, -0.25) is 4.79 Å². The van der Waals surface area contributed by atoms with E-state index in [1.165, 1.54) is 0 Å². The van der Waals surface area contributed by atoms with Crippen molar-refractivity contribution in [1.29, 1.82) is 0 Å². The quantitative estimate of drug-likeness (QED) is 0.539. The Bertz CT molecular complexity index is 926. The molecule has 0 N–H and O–H groups in total. The van der Waals surface area contributed by atoms with Crippen LogP contribution >= 0.6 is 0 Å². The largest absolute Gasteiger partial charge is 0.427 e. The van der Waals surface area contributed by atoms with E-state index in [2.05, 4.69) is 4.98 Å². The number of hydrogen-bond acceptors (Lipinski definition) is 5. The third-order valence-electron chi connectivity index (χ3n) is 3.44. The molecule has 3 aromatic rings. The number of carbonyl (C=O) groups excluding carboxylic acids is 1. The number of rotatable bonds is 4. The number of esters is 1. The molecule has 1 aromatic heterocycles. The smallest absolute Gasteiger partial charge is 0.347 e. The van der Waals surface area contributed by atoms with E-state index < -0.39 is 5.63 Å². The van der Waals surface area contributed by atoms with Gasteiger partial charge in [-0.05, 0) is 42.3 Å². The standard InChI is InChI=1S/C19H17NO4/c1-12(2)11-17(21)23-14-9-7-13(8-10-14)18-20-16-6-4-3-5-15(16)19(22)24-18/h3-10,12H,11H2,1-2H3. The molecule has 0 atom stereocenters. The highest BCUT2D eigenvalue weighted by molar-refractivity contribution is 5.78. The van der Waals surface area contributed by atoms with Gasteiger partial charge < -0.3 is 9.15 Å². The van der Waals surface area contributed by atoms with Crippen LogP contribution in [0.1, 0.15) is 20.3 Å². The van der Waals surface area contributed by atoms with E-state index in [9.17, 15) is 9.59 Å². The lowest BCUT2D eigenvalue weighted by Crippen LogP contribution is -2.10. The highest BCUT2D eigenvalue weighted by Gasteiger charge is 2.10. The molecule has 122 valence electrons. The van der Waals surface area contributed by atoms with E-state index in [1.54, 1.807) is 42.5 Å². The summed E-state index contributed by atoms with van der Waals surface area (Å²) in [6.45, 7) is 3.91. The van der Waals surface area contributed by atoms with Crippen molar-refractivity contribution in [3.8, 4) is 17.2 Å². The number of para-hydroxylation sites is 1. The molecule has 0 unspecified atom stereocenters. The molecule has 0 saturated heterocycles. The maximum Gasteiger partial charge on any atom is 0.347 e. The lowest BCUT2D eigenvalue weighted by Gasteiger charge is -2.07. The molecule has 0 spiro atoms. The molecule has 5 heteroatoms. The summed E-state index contributed by atoms with van der Waals surface area (Å²) in [4.78, 5) is 28.0. The van der Waals surface area contributed by atoms with Gasteiger partial charge in [-0.15, -0.1) is 0 Å². The molecule has 0 radical (unpaired) electrons. The highest BCUT2D eigenvalue weighted by Crippen LogP contribution is 2.22. The summed E-state index contributed by atoms with van der Waals surface area (Å²) in [6.07, 6.45) is 0.364. The average molecular weight is 323 g/mol. The molecular formula is C19H17NO4. The van der Waals surface area contributed by atoms with E-state index in [1.807, 2.05) is 19.9 Å². The minimum atomic E-state index is -0.428. The fourth-order valence-electron chi connectivity index (χ4n) is 2.31. The SMILES string of the molecule is CC(C)CC(=O)Oc1ccc(-c2nc3ccccc3c(=O)o2)cc1. The van der Waals surface area contributed by atoms with Gasteiger partial charge in [0.15, 0.2) is 0 Å². The third-order valence-corrected chi connectivity index (χ3v) is 3.44. The van der Waals surface area contributed by atoms with Crippen molar-refractivity contribution in [2.45, 2.75) is 20.3 Å². The number of aromatic nitrogens is 1. The Balaban J connectivity index is 1.86. The normalized spacial score (nSPS) is 11.0.